The lowest BCUT2D eigenvalue weighted by Crippen LogP contribution is -2.54. The molecule has 0 radical (unpaired) electrons. The van der Waals surface area contributed by atoms with Gasteiger partial charge in [0.1, 0.15) is 0 Å². The molecule has 1 aliphatic carbocycles. The van der Waals surface area contributed by atoms with Crippen LogP contribution in [0.25, 0.3) is 0 Å². The van der Waals surface area contributed by atoms with Gasteiger partial charge in [-0.3, -0.25) is 14.6 Å². The van der Waals surface area contributed by atoms with Crippen molar-refractivity contribution >= 4 is 17.1 Å². The number of piperazine rings is 1. The fraction of sp³-hybridized carbons (Fsp3) is 0.474. The molecule has 4 nitrogen and oxygen atoms in total. The highest BCUT2D eigenvalue weighted by Gasteiger charge is 2.54. The van der Waals surface area contributed by atoms with Gasteiger partial charge in [0, 0.05) is 44.3 Å². The molecule has 0 spiro atoms. The monoisotopic (exact) mass is 341 g/mol. The summed E-state index contributed by atoms with van der Waals surface area (Å²) in [5, 5.41) is 2.90. The lowest BCUT2D eigenvalue weighted by Gasteiger charge is -2.39. The maximum atomic E-state index is 12.8. The van der Waals surface area contributed by atoms with E-state index in [2.05, 4.69) is 45.1 Å². The van der Waals surface area contributed by atoms with Crippen molar-refractivity contribution in [1.82, 2.24) is 14.8 Å². The third-order valence-corrected chi connectivity index (χ3v) is 6.04. The molecule has 1 saturated heterocycles. The Balaban J connectivity index is 1.33. The van der Waals surface area contributed by atoms with Crippen molar-refractivity contribution in [3.8, 4) is 0 Å². The largest absolute Gasteiger partial charge is 0.297 e. The van der Waals surface area contributed by atoms with E-state index in [1.165, 1.54) is 5.56 Å². The van der Waals surface area contributed by atoms with Gasteiger partial charge < -0.3 is 0 Å². The molecular weight excluding hydrogens is 318 g/mol. The van der Waals surface area contributed by atoms with E-state index in [4.69, 9.17) is 0 Å². The quantitative estimate of drug-likeness (QED) is 0.809. The first-order chi connectivity index (χ1) is 11.8. The molecule has 1 aliphatic heterocycles. The zero-order chi connectivity index (χ0) is 16.4. The number of Topliss-reactive ketones (excluding diaryl/α,β-unsaturated/α-hetero) is 1. The predicted octanol–water partition coefficient (Wildman–Crippen LogP) is 2.61. The lowest BCUT2D eigenvalue weighted by atomic mass is 10.0. The summed E-state index contributed by atoms with van der Waals surface area (Å²) in [5.41, 5.74) is 1.19. The van der Waals surface area contributed by atoms with E-state index in [1.807, 2.05) is 5.38 Å². The summed E-state index contributed by atoms with van der Waals surface area (Å²) in [5.74, 6) is 0.369. The van der Waals surface area contributed by atoms with Crippen molar-refractivity contribution in [2.75, 3.05) is 26.2 Å². The maximum absolute atomic E-state index is 12.8. The van der Waals surface area contributed by atoms with E-state index in [0.29, 0.717) is 12.2 Å². The average molecular weight is 341 g/mol. The number of hydrogen-bond donors (Lipinski definition) is 0. The van der Waals surface area contributed by atoms with Crippen LogP contribution in [0.4, 0.5) is 0 Å². The zero-order valence-corrected chi connectivity index (χ0v) is 14.7. The third kappa shape index (κ3) is 3.29. The molecule has 24 heavy (non-hydrogen) atoms. The molecule has 2 aromatic rings. The van der Waals surface area contributed by atoms with Crippen LogP contribution in [0.5, 0.6) is 0 Å². The number of carbonyl (C=O) groups is 1. The molecule has 0 bridgehead atoms. The van der Waals surface area contributed by atoms with Crippen LogP contribution in [0.1, 0.15) is 23.4 Å². The lowest BCUT2D eigenvalue weighted by molar-refractivity contribution is -0.126. The van der Waals surface area contributed by atoms with E-state index < -0.39 is 0 Å². The van der Waals surface area contributed by atoms with E-state index >= 15 is 0 Å². The van der Waals surface area contributed by atoms with Crippen molar-refractivity contribution in [3.63, 3.8) is 0 Å². The van der Waals surface area contributed by atoms with Gasteiger partial charge in [-0.15, -0.1) is 11.3 Å². The molecule has 1 aromatic heterocycles. The Morgan fingerprint density at radius 1 is 1.12 bits per heavy atom. The summed E-state index contributed by atoms with van der Waals surface area (Å²) in [6, 6.07) is 10.6. The van der Waals surface area contributed by atoms with Crippen LogP contribution < -0.4 is 0 Å². The first-order valence-corrected chi connectivity index (χ1v) is 9.57. The number of carbonyl (C=O) groups excluding carboxylic acids is 1. The van der Waals surface area contributed by atoms with Crippen LogP contribution in [0, 0.1) is 0 Å². The summed E-state index contributed by atoms with van der Waals surface area (Å²) in [6.45, 7) is 5.09. The average Bonchev–Trinajstić information content (AvgIpc) is 3.28. The Bertz CT molecular complexity index is 674. The summed E-state index contributed by atoms with van der Waals surface area (Å²) in [6.07, 6.45) is 4.34. The second kappa shape index (κ2) is 6.75. The fourth-order valence-corrected chi connectivity index (χ4v) is 4.32. The molecule has 0 atom stereocenters. The molecule has 2 aliphatic rings. The van der Waals surface area contributed by atoms with Gasteiger partial charge in [0.05, 0.1) is 17.0 Å². The Morgan fingerprint density at radius 2 is 1.88 bits per heavy atom. The van der Waals surface area contributed by atoms with Gasteiger partial charge in [-0.1, -0.05) is 30.3 Å². The van der Waals surface area contributed by atoms with Gasteiger partial charge >= 0.3 is 0 Å². The Hall–Kier alpha value is -1.56. The number of ketones is 1. The molecule has 126 valence electrons. The van der Waals surface area contributed by atoms with Crippen LogP contribution in [0.2, 0.25) is 0 Å². The predicted molar refractivity (Wildman–Crippen MR) is 96.1 cm³/mol. The number of thiazole rings is 1. The van der Waals surface area contributed by atoms with E-state index in [1.54, 1.807) is 17.5 Å². The van der Waals surface area contributed by atoms with Crippen LogP contribution >= 0.6 is 11.3 Å². The van der Waals surface area contributed by atoms with Gasteiger partial charge in [-0.25, -0.2) is 4.98 Å². The Morgan fingerprint density at radius 3 is 2.50 bits per heavy atom. The minimum atomic E-state index is -0.176. The van der Waals surface area contributed by atoms with Crippen molar-refractivity contribution < 1.29 is 4.79 Å². The van der Waals surface area contributed by atoms with Gasteiger partial charge in [0.2, 0.25) is 0 Å². The highest BCUT2D eigenvalue weighted by Crippen LogP contribution is 2.43. The number of nitrogens with zero attached hydrogens (tertiary/aromatic N) is 3. The number of hydrogen-bond acceptors (Lipinski definition) is 5. The topological polar surface area (TPSA) is 36.4 Å². The molecule has 0 unspecified atom stereocenters. The molecule has 4 rings (SSSR count). The van der Waals surface area contributed by atoms with Crippen LogP contribution in [-0.4, -0.2) is 52.3 Å². The van der Waals surface area contributed by atoms with Gasteiger partial charge in [0.15, 0.2) is 5.78 Å². The van der Waals surface area contributed by atoms with Crippen molar-refractivity contribution in [3.05, 3.63) is 52.5 Å². The Labute approximate surface area is 147 Å². The van der Waals surface area contributed by atoms with E-state index in [0.717, 1.165) is 50.6 Å². The molecule has 1 aromatic carbocycles. The third-order valence-electron chi connectivity index (χ3n) is 5.26. The minimum Gasteiger partial charge on any atom is -0.297 e. The van der Waals surface area contributed by atoms with Crippen molar-refractivity contribution in [2.24, 2.45) is 0 Å². The molecule has 5 heteroatoms. The summed E-state index contributed by atoms with van der Waals surface area (Å²) in [7, 11) is 0. The SMILES string of the molecule is O=C(Cc1nccs1)C1(N2CCN(Cc3ccccc3)CC2)CC1. The van der Waals surface area contributed by atoms with Crippen LogP contribution in [0.15, 0.2) is 41.9 Å². The minimum absolute atomic E-state index is 0.176. The summed E-state index contributed by atoms with van der Waals surface area (Å²) < 4.78 is 0. The maximum Gasteiger partial charge on any atom is 0.159 e. The highest BCUT2D eigenvalue weighted by atomic mass is 32.1. The van der Waals surface area contributed by atoms with E-state index in [-0.39, 0.29) is 5.54 Å². The van der Waals surface area contributed by atoms with Gasteiger partial charge in [0.25, 0.3) is 0 Å². The molecule has 0 amide bonds. The molecule has 0 N–H and O–H groups in total. The second-order valence-corrected chi connectivity index (χ2v) is 7.79. The van der Waals surface area contributed by atoms with Crippen LogP contribution in [-0.2, 0) is 17.8 Å². The second-order valence-electron chi connectivity index (χ2n) is 6.81. The summed E-state index contributed by atoms with van der Waals surface area (Å²) >= 11 is 1.58. The number of rotatable bonds is 6. The fourth-order valence-electron chi connectivity index (χ4n) is 3.71. The molecular formula is C19H23N3OS. The molecule has 2 heterocycles. The highest BCUT2D eigenvalue weighted by molar-refractivity contribution is 7.09. The van der Waals surface area contributed by atoms with Crippen LogP contribution in [0.3, 0.4) is 0 Å². The smallest absolute Gasteiger partial charge is 0.159 e. The van der Waals surface area contributed by atoms with Gasteiger partial charge in [-0.2, -0.15) is 0 Å². The Kier molecular flexibility index (Phi) is 4.48. The standard InChI is InChI=1S/C19H23N3OS/c23-17(14-18-20-8-13-24-18)19(6-7-19)22-11-9-21(10-12-22)15-16-4-2-1-3-5-16/h1-5,8,13H,6-7,9-12,14-15H2. The molecule has 1 saturated carbocycles. The van der Waals surface area contributed by atoms with Crippen molar-refractivity contribution in [2.45, 2.75) is 31.3 Å². The number of aromatic nitrogens is 1. The van der Waals surface area contributed by atoms with Crippen molar-refractivity contribution in [1.29, 1.82) is 0 Å². The normalized spacial score (nSPS) is 20.8. The van der Waals surface area contributed by atoms with Gasteiger partial charge in [-0.05, 0) is 18.4 Å². The molecule has 2 fully saturated rings. The van der Waals surface area contributed by atoms with E-state index in [9.17, 15) is 4.79 Å². The first kappa shape index (κ1) is 15.9. The number of benzene rings is 1. The summed E-state index contributed by atoms with van der Waals surface area (Å²) in [4.78, 5) is 22.0. The zero-order valence-electron chi connectivity index (χ0n) is 13.9. The first-order valence-electron chi connectivity index (χ1n) is 8.69.